The summed E-state index contributed by atoms with van der Waals surface area (Å²) in [7, 11) is 0. The SMILES string of the molecule is CC(NC(=O)Nc1ccc(C(=O)N2CCN(Cc3cccc(C(=O)NC(C)(C)C)c3)CC2)cc1F)C(F)(F)F. The fraction of sp³-hybridized carbons (Fsp3) is 0.444. The normalized spacial score (nSPS) is 15.4. The van der Waals surface area contributed by atoms with Crippen LogP contribution in [0, 0.1) is 5.82 Å². The van der Waals surface area contributed by atoms with Crippen molar-refractivity contribution in [1.82, 2.24) is 20.4 Å². The van der Waals surface area contributed by atoms with Gasteiger partial charge in [0, 0.05) is 49.4 Å². The Balaban J connectivity index is 1.54. The number of nitrogens with one attached hydrogen (secondary N) is 3. The number of hydrogen-bond acceptors (Lipinski definition) is 4. The zero-order chi connectivity index (χ0) is 29.0. The van der Waals surface area contributed by atoms with Crippen LogP contribution >= 0.6 is 0 Å². The van der Waals surface area contributed by atoms with Crippen LogP contribution in [-0.2, 0) is 6.54 Å². The molecule has 0 spiro atoms. The highest BCUT2D eigenvalue weighted by Crippen LogP contribution is 2.21. The quantitative estimate of drug-likeness (QED) is 0.465. The number of halogens is 4. The maximum Gasteiger partial charge on any atom is 0.408 e. The Kier molecular flexibility index (Phi) is 9.21. The van der Waals surface area contributed by atoms with Gasteiger partial charge in [-0.2, -0.15) is 13.2 Å². The summed E-state index contributed by atoms with van der Waals surface area (Å²) in [5.41, 5.74) is 0.910. The molecule has 0 saturated carbocycles. The Labute approximate surface area is 224 Å². The van der Waals surface area contributed by atoms with Crippen molar-refractivity contribution in [3.8, 4) is 0 Å². The number of anilines is 1. The molecule has 212 valence electrons. The molecule has 0 bridgehead atoms. The van der Waals surface area contributed by atoms with E-state index in [1.807, 2.05) is 44.3 Å². The summed E-state index contributed by atoms with van der Waals surface area (Å²) in [6.45, 7) is 9.06. The Hall–Kier alpha value is -3.67. The summed E-state index contributed by atoms with van der Waals surface area (Å²) >= 11 is 0. The van der Waals surface area contributed by atoms with Gasteiger partial charge in [-0.05, 0) is 63.6 Å². The summed E-state index contributed by atoms with van der Waals surface area (Å²) < 4.78 is 52.3. The number of benzene rings is 2. The van der Waals surface area contributed by atoms with Crippen LogP contribution in [0.15, 0.2) is 42.5 Å². The average Bonchev–Trinajstić information content (AvgIpc) is 2.84. The molecular formula is C27H33F4N5O3. The lowest BCUT2D eigenvalue weighted by Crippen LogP contribution is -2.48. The van der Waals surface area contributed by atoms with Gasteiger partial charge in [0.2, 0.25) is 0 Å². The third kappa shape index (κ3) is 8.67. The molecule has 1 saturated heterocycles. The number of piperazine rings is 1. The van der Waals surface area contributed by atoms with Crippen LogP contribution in [0.2, 0.25) is 0 Å². The first kappa shape index (κ1) is 29.9. The third-order valence-corrected chi connectivity index (χ3v) is 6.05. The Bertz CT molecular complexity index is 1200. The second-order valence-corrected chi connectivity index (χ2v) is 10.5. The van der Waals surface area contributed by atoms with Crippen molar-refractivity contribution >= 4 is 23.5 Å². The first-order valence-corrected chi connectivity index (χ1v) is 12.5. The smallest absolute Gasteiger partial charge is 0.347 e. The van der Waals surface area contributed by atoms with Crippen LogP contribution < -0.4 is 16.0 Å². The highest BCUT2D eigenvalue weighted by atomic mass is 19.4. The van der Waals surface area contributed by atoms with Gasteiger partial charge in [0.15, 0.2) is 0 Å². The van der Waals surface area contributed by atoms with Gasteiger partial charge in [-0.25, -0.2) is 9.18 Å². The molecule has 1 fully saturated rings. The molecule has 0 radical (unpaired) electrons. The molecule has 1 unspecified atom stereocenters. The Morgan fingerprint density at radius 2 is 1.62 bits per heavy atom. The molecule has 3 rings (SSSR count). The lowest BCUT2D eigenvalue weighted by Gasteiger charge is -2.35. The second-order valence-electron chi connectivity index (χ2n) is 10.5. The Morgan fingerprint density at radius 3 is 2.21 bits per heavy atom. The van der Waals surface area contributed by atoms with Crippen molar-refractivity contribution < 1.29 is 31.9 Å². The van der Waals surface area contributed by atoms with Crippen LogP contribution in [0.3, 0.4) is 0 Å². The lowest BCUT2D eigenvalue weighted by molar-refractivity contribution is -0.148. The van der Waals surface area contributed by atoms with Gasteiger partial charge in [0.1, 0.15) is 11.9 Å². The maximum absolute atomic E-state index is 14.5. The molecule has 2 aromatic carbocycles. The zero-order valence-corrected chi connectivity index (χ0v) is 22.3. The molecule has 2 aromatic rings. The van der Waals surface area contributed by atoms with E-state index in [-0.39, 0.29) is 22.7 Å². The fourth-order valence-electron chi connectivity index (χ4n) is 3.96. The monoisotopic (exact) mass is 551 g/mol. The van der Waals surface area contributed by atoms with Crippen molar-refractivity contribution in [3.63, 3.8) is 0 Å². The number of nitrogens with zero attached hydrogens (tertiary/aromatic N) is 2. The number of urea groups is 1. The van der Waals surface area contributed by atoms with E-state index in [0.29, 0.717) is 38.3 Å². The summed E-state index contributed by atoms with van der Waals surface area (Å²) in [4.78, 5) is 40.9. The highest BCUT2D eigenvalue weighted by molar-refractivity contribution is 5.96. The molecule has 39 heavy (non-hydrogen) atoms. The molecule has 1 aliphatic rings. The molecule has 3 N–H and O–H groups in total. The maximum atomic E-state index is 14.5. The lowest BCUT2D eigenvalue weighted by atomic mass is 10.1. The minimum Gasteiger partial charge on any atom is -0.347 e. The van der Waals surface area contributed by atoms with Gasteiger partial charge < -0.3 is 20.9 Å². The van der Waals surface area contributed by atoms with E-state index < -0.39 is 30.0 Å². The van der Waals surface area contributed by atoms with Crippen LogP contribution in [0.4, 0.5) is 28.0 Å². The number of hydrogen-bond donors (Lipinski definition) is 3. The predicted octanol–water partition coefficient (Wildman–Crippen LogP) is 4.38. The van der Waals surface area contributed by atoms with Gasteiger partial charge in [-0.1, -0.05) is 12.1 Å². The summed E-state index contributed by atoms with van der Waals surface area (Å²) in [6.07, 6.45) is -4.64. The van der Waals surface area contributed by atoms with Gasteiger partial charge in [0.05, 0.1) is 5.69 Å². The van der Waals surface area contributed by atoms with Crippen molar-refractivity contribution in [1.29, 1.82) is 0 Å². The van der Waals surface area contributed by atoms with Gasteiger partial charge in [0.25, 0.3) is 11.8 Å². The van der Waals surface area contributed by atoms with E-state index in [1.54, 1.807) is 16.3 Å². The van der Waals surface area contributed by atoms with Crippen molar-refractivity contribution in [3.05, 3.63) is 65.0 Å². The standard InChI is InChI=1S/C27H33F4N5O3/c1-17(27(29,30)31)32-25(39)33-22-9-8-20(15-21(22)28)24(38)36-12-10-35(11-13-36)16-18-6-5-7-19(14-18)23(37)34-26(2,3)4/h5-9,14-15,17H,10-13,16H2,1-4H3,(H,34,37)(H2,32,33,39). The first-order valence-electron chi connectivity index (χ1n) is 12.5. The van der Waals surface area contributed by atoms with Crippen LogP contribution in [0.1, 0.15) is 54.0 Å². The molecule has 1 atom stereocenters. The number of alkyl halides is 3. The largest absolute Gasteiger partial charge is 0.408 e. The number of carbonyl (C=O) groups is 3. The summed E-state index contributed by atoms with van der Waals surface area (Å²) in [5, 5.41) is 6.65. The zero-order valence-electron chi connectivity index (χ0n) is 22.3. The number of rotatable bonds is 6. The molecule has 1 heterocycles. The topological polar surface area (TPSA) is 93.8 Å². The molecular weight excluding hydrogens is 518 g/mol. The molecule has 1 aliphatic heterocycles. The molecule has 12 heteroatoms. The molecule has 4 amide bonds. The van der Waals surface area contributed by atoms with E-state index >= 15 is 0 Å². The van der Waals surface area contributed by atoms with Crippen molar-refractivity contribution in [2.24, 2.45) is 0 Å². The van der Waals surface area contributed by atoms with Crippen LogP contribution in [0.5, 0.6) is 0 Å². The second kappa shape index (κ2) is 12.0. The number of amides is 4. The summed E-state index contributed by atoms with van der Waals surface area (Å²) in [5.74, 6) is -1.48. The molecule has 0 aliphatic carbocycles. The van der Waals surface area contributed by atoms with Gasteiger partial charge in [-0.3, -0.25) is 14.5 Å². The minimum absolute atomic E-state index is 0.0631. The van der Waals surface area contributed by atoms with E-state index in [4.69, 9.17) is 0 Å². The van der Waals surface area contributed by atoms with Crippen LogP contribution in [0.25, 0.3) is 0 Å². The van der Waals surface area contributed by atoms with Gasteiger partial charge in [-0.15, -0.1) is 0 Å². The third-order valence-electron chi connectivity index (χ3n) is 6.05. The Morgan fingerprint density at radius 1 is 0.949 bits per heavy atom. The van der Waals surface area contributed by atoms with E-state index in [1.165, 1.54) is 6.07 Å². The predicted molar refractivity (Wildman–Crippen MR) is 139 cm³/mol. The van der Waals surface area contributed by atoms with E-state index in [0.717, 1.165) is 24.6 Å². The minimum atomic E-state index is -4.64. The summed E-state index contributed by atoms with van der Waals surface area (Å²) in [6, 6.07) is 7.46. The molecule has 0 aromatic heterocycles. The fourth-order valence-corrected chi connectivity index (χ4v) is 3.96. The van der Waals surface area contributed by atoms with Crippen molar-refractivity contribution in [2.75, 3.05) is 31.5 Å². The number of carbonyl (C=O) groups excluding carboxylic acids is 3. The van der Waals surface area contributed by atoms with E-state index in [9.17, 15) is 31.9 Å². The van der Waals surface area contributed by atoms with E-state index in [2.05, 4.69) is 10.2 Å². The van der Waals surface area contributed by atoms with Gasteiger partial charge >= 0.3 is 12.2 Å². The van der Waals surface area contributed by atoms with Crippen molar-refractivity contribution in [2.45, 2.75) is 52.0 Å². The van der Waals surface area contributed by atoms with Crippen LogP contribution in [-0.4, -0.2) is 71.6 Å². The highest BCUT2D eigenvalue weighted by Gasteiger charge is 2.37. The first-order chi connectivity index (χ1) is 18.1. The molecule has 8 nitrogen and oxygen atoms in total. The average molecular weight is 552 g/mol.